The highest BCUT2D eigenvalue weighted by atomic mass is 32.2. The van der Waals surface area contributed by atoms with Gasteiger partial charge in [-0.15, -0.1) is 11.3 Å². The van der Waals surface area contributed by atoms with Crippen molar-refractivity contribution in [2.75, 3.05) is 27.7 Å². The van der Waals surface area contributed by atoms with Crippen LogP contribution in [0.2, 0.25) is 0 Å². The minimum atomic E-state index is -3.66. The van der Waals surface area contributed by atoms with E-state index in [0.717, 1.165) is 9.18 Å². The Labute approximate surface area is 156 Å². The lowest BCUT2D eigenvalue weighted by molar-refractivity contribution is -0.133. The van der Waals surface area contributed by atoms with Crippen LogP contribution in [0, 0.1) is 0 Å². The Morgan fingerprint density at radius 1 is 1.12 bits per heavy atom. The normalized spacial score (nSPS) is 11.4. The third kappa shape index (κ3) is 4.90. The lowest BCUT2D eigenvalue weighted by atomic mass is 10.2. The Balaban J connectivity index is 1.98. The van der Waals surface area contributed by atoms with E-state index in [4.69, 9.17) is 4.74 Å². The van der Waals surface area contributed by atoms with Gasteiger partial charge >= 0.3 is 5.97 Å². The molecule has 0 aliphatic rings. The number of ether oxygens (including phenoxy) is 1. The molecule has 0 saturated carbocycles. The molecule has 26 heavy (non-hydrogen) atoms. The molecule has 1 heterocycles. The molecule has 7 nitrogen and oxygen atoms in total. The quantitative estimate of drug-likeness (QED) is 0.667. The third-order valence-electron chi connectivity index (χ3n) is 3.57. The first-order valence-corrected chi connectivity index (χ1v) is 10.00. The zero-order valence-electron chi connectivity index (χ0n) is 14.7. The van der Waals surface area contributed by atoms with Crippen molar-refractivity contribution in [2.24, 2.45) is 0 Å². The highest BCUT2D eigenvalue weighted by Gasteiger charge is 2.20. The van der Waals surface area contributed by atoms with E-state index < -0.39 is 22.6 Å². The summed E-state index contributed by atoms with van der Waals surface area (Å²) < 4.78 is 30.3. The lowest BCUT2D eigenvalue weighted by Crippen LogP contribution is -2.30. The minimum absolute atomic E-state index is 0.0157. The number of sulfonamides is 1. The number of carbonyl (C=O) groups is 2. The number of nitrogens with zero attached hydrogens (tertiary/aromatic N) is 2. The molecule has 0 atom stereocenters. The monoisotopic (exact) mass is 396 g/mol. The Bertz CT molecular complexity index is 876. The zero-order valence-corrected chi connectivity index (χ0v) is 16.3. The SMILES string of the molecule is CN(Cc1cccs1)C(=O)COC(=O)c1cccc(S(=O)(=O)N(C)C)c1. The van der Waals surface area contributed by atoms with Crippen molar-refractivity contribution in [3.05, 3.63) is 52.2 Å². The molecule has 0 aliphatic heterocycles. The van der Waals surface area contributed by atoms with Gasteiger partial charge in [0, 0.05) is 26.0 Å². The molecule has 0 unspecified atom stereocenters. The minimum Gasteiger partial charge on any atom is -0.452 e. The van der Waals surface area contributed by atoms with E-state index in [2.05, 4.69) is 0 Å². The van der Waals surface area contributed by atoms with Gasteiger partial charge in [0.05, 0.1) is 17.0 Å². The molecule has 0 fully saturated rings. The number of benzene rings is 1. The van der Waals surface area contributed by atoms with E-state index in [9.17, 15) is 18.0 Å². The summed E-state index contributed by atoms with van der Waals surface area (Å²) in [5.74, 6) is -1.09. The second-order valence-electron chi connectivity index (χ2n) is 5.72. The maximum Gasteiger partial charge on any atom is 0.338 e. The van der Waals surface area contributed by atoms with Crippen LogP contribution in [-0.4, -0.2) is 57.2 Å². The van der Waals surface area contributed by atoms with Gasteiger partial charge in [-0.05, 0) is 29.6 Å². The Morgan fingerprint density at radius 3 is 2.46 bits per heavy atom. The van der Waals surface area contributed by atoms with Gasteiger partial charge in [0.15, 0.2) is 6.61 Å². The summed E-state index contributed by atoms with van der Waals surface area (Å²) in [6.45, 7) is 0.0238. The summed E-state index contributed by atoms with van der Waals surface area (Å²) in [6, 6.07) is 9.34. The van der Waals surface area contributed by atoms with Gasteiger partial charge in [-0.1, -0.05) is 12.1 Å². The average Bonchev–Trinajstić information content (AvgIpc) is 3.12. The molecule has 1 aromatic heterocycles. The number of esters is 1. The lowest BCUT2D eigenvalue weighted by Gasteiger charge is -2.16. The van der Waals surface area contributed by atoms with Crippen LogP contribution in [0.15, 0.2) is 46.7 Å². The molecule has 0 spiro atoms. The molecule has 140 valence electrons. The van der Waals surface area contributed by atoms with Gasteiger partial charge in [0.25, 0.3) is 5.91 Å². The van der Waals surface area contributed by atoms with Crippen LogP contribution in [0.25, 0.3) is 0 Å². The Hall–Kier alpha value is -2.23. The van der Waals surface area contributed by atoms with E-state index in [0.29, 0.717) is 6.54 Å². The molecule has 0 radical (unpaired) electrons. The Kier molecular flexibility index (Phi) is 6.52. The average molecular weight is 396 g/mol. The maximum absolute atomic E-state index is 12.1. The van der Waals surface area contributed by atoms with Crippen LogP contribution < -0.4 is 0 Å². The van der Waals surface area contributed by atoms with Crippen LogP contribution in [0.1, 0.15) is 15.2 Å². The van der Waals surface area contributed by atoms with Crippen LogP contribution in [0.5, 0.6) is 0 Å². The standard InChI is InChI=1S/C17H20N2O5S2/c1-18(2)26(22,23)15-8-4-6-13(10-15)17(21)24-12-16(20)19(3)11-14-7-5-9-25-14/h4-10H,11-12H2,1-3H3. The summed E-state index contributed by atoms with van der Waals surface area (Å²) in [7, 11) is 0.780. The number of amides is 1. The van der Waals surface area contributed by atoms with Crippen LogP contribution in [0.3, 0.4) is 0 Å². The number of thiophene rings is 1. The van der Waals surface area contributed by atoms with E-state index >= 15 is 0 Å². The Morgan fingerprint density at radius 2 is 1.85 bits per heavy atom. The van der Waals surface area contributed by atoms with Gasteiger partial charge < -0.3 is 9.64 Å². The highest BCUT2D eigenvalue weighted by Crippen LogP contribution is 2.16. The van der Waals surface area contributed by atoms with E-state index in [1.807, 2.05) is 17.5 Å². The number of hydrogen-bond donors (Lipinski definition) is 0. The van der Waals surface area contributed by atoms with Crippen molar-refractivity contribution in [2.45, 2.75) is 11.4 Å². The first kappa shape index (κ1) is 20.1. The number of likely N-dealkylation sites (N-methyl/N-ethyl adjacent to an activating group) is 1. The number of rotatable bonds is 7. The van der Waals surface area contributed by atoms with Gasteiger partial charge in [-0.2, -0.15) is 0 Å². The van der Waals surface area contributed by atoms with Gasteiger partial charge in [0.1, 0.15) is 0 Å². The largest absolute Gasteiger partial charge is 0.452 e. The van der Waals surface area contributed by atoms with Gasteiger partial charge in [0.2, 0.25) is 10.0 Å². The summed E-state index contributed by atoms with van der Waals surface area (Å²) in [6.07, 6.45) is 0. The summed E-state index contributed by atoms with van der Waals surface area (Å²) in [5.41, 5.74) is 0.0710. The molecule has 2 aromatic rings. The first-order chi connectivity index (χ1) is 12.2. The predicted molar refractivity (Wildman–Crippen MR) is 98.4 cm³/mol. The van der Waals surface area contributed by atoms with Crippen molar-refractivity contribution in [1.82, 2.24) is 9.21 Å². The van der Waals surface area contributed by atoms with Gasteiger partial charge in [-0.25, -0.2) is 17.5 Å². The third-order valence-corrected chi connectivity index (χ3v) is 6.25. The second kappa shape index (κ2) is 8.43. The molecule has 0 N–H and O–H groups in total. The molecule has 1 amide bonds. The van der Waals surface area contributed by atoms with E-state index in [1.165, 1.54) is 54.6 Å². The number of hydrogen-bond acceptors (Lipinski definition) is 6. The smallest absolute Gasteiger partial charge is 0.338 e. The fraction of sp³-hybridized carbons (Fsp3) is 0.294. The van der Waals surface area contributed by atoms with E-state index in [1.54, 1.807) is 7.05 Å². The van der Waals surface area contributed by atoms with Crippen molar-refractivity contribution < 1.29 is 22.7 Å². The maximum atomic E-state index is 12.1. The highest BCUT2D eigenvalue weighted by molar-refractivity contribution is 7.89. The zero-order chi connectivity index (χ0) is 19.3. The van der Waals surface area contributed by atoms with Crippen LogP contribution >= 0.6 is 11.3 Å². The predicted octanol–water partition coefficient (Wildman–Crippen LogP) is 1.81. The second-order valence-corrected chi connectivity index (χ2v) is 8.90. The van der Waals surface area contributed by atoms with Crippen molar-refractivity contribution >= 4 is 33.2 Å². The summed E-state index contributed by atoms with van der Waals surface area (Å²) >= 11 is 1.53. The van der Waals surface area contributed by atoms with Crippen LogP contribution in [-0.2, 0) is 26.1 Å². The van der Waals surface area contributed by atoms with Crippen LogP contribution in [0.4, 0.5) is 0 Å². The molecule has 2 rings (SSSR count). The molecular weight excluding hydrogens is 376 g/mol. The number of carbonyl (C=O) groups excluding carboxylic acids is 2. The molecule has 0 bridgehead atoms. The molecule has 0 aliphatic carbocycles. The van der Waals surface area contributed by atoms with Crippen molar-refractivity contribution in [3.63, 3.8) is 0 Å². The van der Waals surface area contributed by atoms with Crippen molar-refractivity contribution in [1.29, 1.82) is 0 Å². The fourth-order valence-electron chi connectivity index (χ4n) is 2.04. The topological polar surface area (TPSA) is 84.0 Å². The molecule has 1 aromatic carbocycles. The first-order valence-electron chi connectivity index (χ1n) is 7.68. The fourth-order valence-corrected chi connectivity index (χ4v) is 3.74. The van der Waals surface area contributed by atoms with E-state index in [-0.39, 0.29) is 16.4 Å². The molecule has 0 saturated heterocycles. The molecular formula is C17H20N2O5S2. The van der Waals surface area contributed by atoms with Gasteiger partial charge in [-0.3, -0.25) is 4.79 Å². The van der Waals surface area contributed by atoms with Crippen molar-refractivity contribution in [3.8, 4) is 0 Å². The summed E-state index contributed by atoms with van der Waals surface area (Å²) in [5, 5.41) is 1.92. The molecule has 9 heteroatoms. The summed E-state index contributed by atoms with van der Waals surface area (Å²) in [4.78, 5) is 26.7.